The Morgan fingerprint density at radius 1 is 1.47 bits per heavy atom. The monoisotopic (exact) mass is 250 g/mol. The van der Waals surface area contributed by atoms with Gasteiger partial charge in [-0.25, -0.2) is 9.37 Å². The molecule has 0 saturated heterocycles. The molecule has 5 heteroatoms. The maximum atomic E-state index is 13.6. The molecule has 2 rings (SSSR count). The summed E-state index contributed by atoms with van der Waals surface area (Å²) in [6, 6.07) is 6.23. The average Bonchev–Trinajstić information content (AvgIpc) is 2.86. The molecule has 0 bridgehead atoms. The number of hydrogen-bond acceptors (Lipinski definition) is 3. The van der Waals surface area contributed by atoms with Crippen molar-refractivity contribution in [3.05, 3.63) is 46.7 Å². The zero-order chi connectivity index (χ0) is 12.3. The molecule has 1 aromatic carbocycles. The van der Waals surface area contributed by atoms with Crippen LogP contribution in [-0.2, 0) is 0 Å². The van der Waals surface area contributed by atoms with Gasteiger partial charge < -0.3 is 4.90 Å². The molecule has 0 aliphatic heterocycles. The number of para-hydroxylation sites is 1. The predicted molar refractivity (Wildman–Crippen MR) is 65.9 cm³/mol. The zero-order valence-corrected chi connectivity index (χ0v) is 10.1. The summed E-state index contributed by atoms with van der Waals surface area (Å²) in [6.45, 7) is 2.20. The lowest BCUT2D eigenvalue weighted by atomic mass is 10.2. The minimum atomic E-state index is -0.405. The van der Waals surface area contributed by atoms with E-state index in [2.05, 4.69) is 4.98 Å². The Bertz CT molecular complexity index is 513. The van der Waals surface area contributed by atoms with Crippen molar-refractivity contribution in [3.8, 4) is 0 Å². The number of carbonyl (C=O) groups is 1. The number of hydrogen-bond donors (Lipinski definition) is 0. The number of halogens is 1. The van der Waals surface area contributed by atoms with E-state index in [-0.39, 0.29) is 11.6 Å². The molecule has 0 aliphatic carbocycles. The van der Waals surface area contributed by atoms with E-state index in [1.807, 2.05) is 0 Å². The lowest BCUT2D eigenvalue weighted by Crippen LogP contribution is -2.31. The van der Waals surface area contributed by atoms with Crippen LogP contribution in [0.4, 0.5) is 10.1 Å². The Balaban J connectivity index is 2.35. The number of carbonyl (C=O) groups excluding carboxylic acids is 1. The first-order valence-corrected chi connectivity index (χ1v) is 6.13. The van der Waals surface area contributed by atoms with Crippen LogP contribution in [0.1, 0.15) is 17.4 Å². The number of anilines is 1. The third-order valence-electron chi connectivity index (χ3n) is 2.36. The fraction of sp³-hybridized carbons (Fsp3) is 0.167. The van der Waals surface area contributed by atoms with Crippen molar-refractivity contribution >= 4 is 22.9 Å². The van der Waals surface area contributed by atoms with E-state index in [0.717, 1.165) is 0 Å². The normalized spacial score (nSPS) is 10.2. The van der Waals surface area contributed by atoms with Crippen LogP contribution in [0.2, 0.25) is 0 Å². The van der Waals surface area contributed by atoms with Gasteiger partial charge in [-0.15, -0.1) is 11.3 Å². The predicted octanol–water partition coefficient (Wildman–Crippen LogP) is 2.95. The minimum absolute atomic E-state index is 0.279. The van der Waals surface area contributed by atoms with Gasteiger partial charge in [-0.1, -0.05) is 12.1 Å². The van der Waals surface area contributed by atoms with E-state index in [9.17, 15) is 9.18 Å². The van der Waals surface area contributed by atoms with Crippen LogP contribution >= 0.6 is 11.3 Å². The van der Waals surface area contributed by atoms with Gasteiger partial charge in [-0.2, -0.15) is 0 Å². The number of amides is 1. The van der Waals surface area contributed by atoms with E-state index in [1.54, 1.807) is 36.0 Å². The molecule has 17 heavy (non-hydrogen) atoms. The molecular formula is C12H11FN2OS. The third-order valence-corrected chi connectivity index (χ3v) is 2.94. The van der Waals surface area contributed by atoms with Gasteiger partial charge in [0.05, 0.1) is 11.2 Å². The molecule has 0 saturated carbocycles. The van der Waals surface area contributed by atoms with Crippen LogP contribution in [0.15, 0.2) is 35.2 Å². The minimum Gasteiger partial charge on any atom is -0.304 e. The van der Waals surface area contributed by atoms with Crippen LogP contribution in [0.25, 0.3) is 0 Å². The van der Waals surface area contributed by atoms with Gasteiger partial charge in [-0.3, -0.25) is 4.79 Å². The van der Waals surface area contributed by atoms with Gasteiger partial charge in [0.2, 0.25) is 0 Å². The van der Waals surface area contributed by atoms with Crippen LogP contribution < -0.4 is 4.90 Å². The molecule has 0 N–H and O–H groups in total. The molecule has 0 atom stereocenters. The van der Waals surface area contributed by atoms with Crippen LogP contribution in [-0.4, -0.2) is 17.4 Å². The average molecular weight is 250 g/mol. The number of nitrogens with zero attached hydrogens (tertiary/aromatic N) is 2. The Labute approximate surface area is 103 Å². The molecule has 1 amide bonds. The largest absolute Gasteiger partial charge is 0.304 e. The second-order valence-electron chi connectivity index (χ2n) is 3.37. The van der Waals surface area contributed by atoms with Crippen molar-refractivity contribution in [3.63, 3.8) is 0 Å². The third kappa shape index (κ3) is 2.34. The first-order chi connectivity index (χ1) is 8.24. The molecule has 0 spiro atoms. The summed E-state index contributed by atoms with van der Waals surface area (Å²) in [7, 11) is 0. The first-order valence-electron chi connectivity index (χ1n) is 5.18. The highest BCUT2D eigenvalue weighted by Crippen LogP contribution is 2.20. The molecule has 1 aromatic heterocycles. The van der Waals surface area contributed by atoms with Gasteiger partial charge in [0, 0.05) is 11.9 Å². The number of benzene rings is 1. The summed E-state index contributed by atoms with van der Waals surface area (Å²) in [5.41, 5.74) is 2.22. The first kappa shape index (κ1) is 11.7. The van der Waals surface area contributed by atoms with Gasteiger partial charge in [0.1, 0.15) is 11.5 Å². The topological polar surface area (TPSA) is 33.2 Å². The highest BCUT2D eigenvalue weighted by atomic mass is 32.1. The highest BCUT2D eigenvalue weighted by molar-refractivity contribution is 7.07. The number of aromatic nitrogens is 1. The molecule has 0 aliphatic rings. The van der Waals surface area contributed by atoms with Crippen LogP contribution in [0.3, 0.4) is 0 Å². The zero-order valence-electron chi connectivity index (χ0n) is 9.26. The van der Waals surface area contributed by atoms with E-state index < -0.39 is 5.82 Å². The summed E-state index contributed by atoms with van der Waals surface area (Å²) in [5, 5.41) is 1.66. The SMILES string of the molecule is CCN(C(=O)c1cscn1)c1ccccc1F. The van der Waals surface area contributed by atoms with Gasteiger partial charge >= 0.3 is 0 Å². The van der Waals surface area contributed by atoms with Crippen LogP contribution in [0.5, 0.6) is 0 Å². The Kier molecular flexibility index (Phi) is 3.49. The molecule has 88 valence electrons. The van der Waals surface area contributed by atoms with Gasteiger partial charge in [0.15, 0.2) is 0 Å². The molecule has 0 radical (unpaired) electrons. The fourth-order valence-corrected chi connectivity index (χ4v) is 2.08. The maximum Gasteiger partial charge on any atom is 0.277 e. The van der Waals surface area contributed by atoms with Crippen molar-refractivity contribution in [1.82, 2.24) is 4.98 Å². The number of thiazole rings is 1. The maximum absolute atomic E-state index is 13.6. The number of rotatable bonds is 3. The van der Waals surface area contributed by atoms with Gasteiger partial charge in [-0.05, 0) is 19.1 Å². The van der Waals surface area contributed by atoms with Crippen molar-refractivity contribution in [1.29, 1.82) is 0 Å². The second kappa shape index (κ2) is 5.05. The molecule has 2 aromatic rings. The summed E-state index contributed by atoms with van der Waals surface area (Å²) >= 11 is 1.34. The molecular weight excluding hydrogens is 239 g/mol. The van der Waals surface area contributed by atoms with Gasteiger partial charge in [0.25, 0.3) is 5.91 Å². The second-order valence-corrected chi connectivity index (χ2v) is 4.09. The van der Waals surface area contributed by atoms with E-state index in [1.165, 1.54) is 22.3 Å². The van der Waals surface area contributed by atoms with Crippen molar-refractivity contribution in [2.75, 3.05) is 11.4 Å². The van der Waals surface area contributed by atoms with Crippen LogP contribution in [0, 0.1) is 5.82 Å². The highest BCUT2D eigenvalue weighted by Gasteiger charge is 2.19. The summed E-state index contributed by atoms with van der Waals surface area (Å²) in [6.07, 6.45) is 0. The summed E-state index contributed by atoms with van der Waals surface area (Å²) in [4.78, 5) is 17.4. The quantitative estimate of drug-likeness (QED) is 0.839. The standard InChI is InChI=1S/C12H11FN2OS/c1-2-15(11-6-4-3-5-9(11)13)12(16)10-7-17-8-14-10/h3-8H,2H2,1H3. The van der Waals surface area contributed by atoms with E-state index in [4.69, 9.17) is 0 Å². The fourth-order valence-electron chi connectivity index (χ4n) is 1.55. The Morgan fingerprint density at radius 2 is 2.24 bits per heavy atom. The molecule has 0 fully saturated rings. The van der Waals surface area contributed by atoms with Crippen molar-refractivity contribution in [2.45, 2.75) is 6.92 Å². The van der Waals surface area contributed by atoms with E-state index in [0.29, 0.717) is 12.2 Å². The lowest BCUT2D eigenvalue weighted by Gasteiger charge is -2.20. The van der Waals surface area contributed by atoms with Crippen molar-refractivity contribution in [2.24, 2.45) is 0 Å². The molecule has 3 nitrogen and oxygen atoms in total. The Hall–Kier alpha value is -1.75. The smallest absolute Gasteiger partial charge is 0.277 e. The summed E-state index contributed by atoms with van der Waals surface area (Å²) < 4.78 is 13.6. The van der Waals surface area contributed by atoms with Crippen molar-refractivity contribution < 1.29 is 9.18 Å². The van der Waals surface area contributed by atoms with E-state index >= 15 is 0 Å². The molecule has 0 unspecified atom stereocenters. The summed E-state index contributed by atoms with van der Waals surface area (Å²) in [5.74, 6) is -0.684. The Morgan fingerprint density at radius 3 is 2.82 bits per heavy atom. The molecule has 1 heterocycles. The lowest BCUT2D eigenvalue weighted by molar-refractivity contribution is 0.0983.